The van der Waals surface area contributed by atoms with Crippen LogP contribution in [0.3, 0.4) is 0 Å². The lowest BCUT2D eigenvalue weighted by molar-refractivity contribution is -0.130. The molecule has 0 saturated carbocycles. The Bertz CT molecular complexity index is 744. The van der Waals surface area contributed by atoms with Crippen molar-refractivity contribution in [2.45, 2.75) is 10.6 Å². The molecule has 3 nitrogen and oxygen atoms in total. The van der Waals surface area contributed by atoms with Crippen LogP contribution in [-0.2, 0) is 15.3 Å². The van der Waals surface area contributed by atoms with Crippen molar-refractivity contribution in [3.05, 3.63) is 68.8 Å². The van der Waals surface area contributed by atoms with Crippen LogP contribution in [0.4, 0.5) is 0 Å². The molecule has 0 unspecified atom stereocenters. The number of carboxylic acids is 1. The van der Waals surface area contributed by atoms with E-state index in [0.717, 1.165) is 25.2 Å². The summed E-state index contributed by atoms with van der Waals surface area (Å²) in [5.74, 6) is -0.291. The summed E-state index contributed by atoms with van der Waals surface area (Å²) in [5, 5.41) is 9.38. The molecule has 120 valence electrons. The zero-order valence-corrected chi connectivity index (χ0v) is 16.2. The monoisotopic (exact) mass is 456 g/mol. The molecule has 0 atom stereocenters. The van der Waals surface area contributed by atoms with Crippen molar-refractivity contribution >= 4 is 55.2 Å². The maximum Gasteiger partial charge on any atom is 0.339 e. The number of halogens is 2. The van der Waals surface area contributed by atoms with E-state index in [9.17, 15) is 9.90 Å². The van der Waals surface area contributed by atoms with Crippen LogP contribution >= 0.6 is 43.6 Å². The van der Waals surface area contributed by atoms with Crippen molar-refractivity contribution in [2.75, 3.05) is 7.11 Å². The summed E-state index contributed by atoms with van der Waals surface area (Å²) < 4.78 is 6.94. The van der Waals surface area contributed by atoms with Crippen molar-refractivity contribution in [3.63, 3.8) is 0 Å². The van der Waals surface area contributed by atoms with Crippen LogP contribution in [0.1, 0.15) is 11.1 Å². The van der Waals surface area contributed by atoms with Gasteiger partial charge in [-0.15, -0.1) is 11.8 Å². The van der Waals surface area contributed by atoms with Gasteiger partial charge >= 0.3 is 5.97 Å². The Balaban J connectivity index is 2.29. The standard InChI is InChI=1S/C17H14Br2O3S/c1-22-9-14(17(20)21)13-4-2-3-5-16(13)23-10-11-8-12(18)6-7-15(11)19/h2-9H,10H2,1H3,(H,20,21). The Morgan fingerprint density at radius 2 is 2.00 bits per heavy atom. The quantitative estimate of drug-likeness (QED) is 0.349. The number of hydrogen-bond acceptors (Lipinski definition) is 3. The topological polar surface area (TPSA) is 46.5 Å². The van der Waals surface area contributed by atoms with Crippen molar-refractivity contribution in [1.82, 2.24) is 0 Å². The maximum atomic E-state index is 11.4. The van der Waals surface area contributed by atoms with Gasteiger partial charge in [-0.1, -0.05) is 50.1 Å². The molecule has 0 spiro atoms. The highest BCUT2D eigenvalue weighted by atomic mass is 79.9. The van der Waals surface area contributed by atoms with Gasteiger partial charge in [-0.05, 0) is 29.8 Å². The summed E-state index contributed by atoms with van der Waals surface area (Å²) in [6, 6.07) is 13.4. The second-order valence-corrected chi connectivity index (χ2v) is 7.38. The first-order valence-corrected chi connectivity index (χ1v) is 9.22. The van der Waals surface area contributed by atoms with Gasteiger partial charge in [0.15, 0.2) is 0 Å². The number of ether oxygens (including phenoxy) is 1. The van der Waals surface area contributed by atoms with Gasteiger partial charge in [-0.2, -0.15) is 0 Å². The van der Waals surface area contributed by atoms with Crippen molar-refractivity contribution in [3.8, 4) is 0 Å². The average Bonchev–Trinajstić information content (AvgIpc) is 2.53. The zero-order valence-electron chi connectivity index (χ0n) is 12.3. The summed E-state index contributed by atoms with van der Waals surface area (Å²) in [6.07, 6.45) is 1.26. The molecule has 0 heterocycles. The van der Waals surface area contributed by atoms with E-state index in [2.05, 4.69) is 31.9 Å². The molecule has 2 aromatic rings. The summed E-state index contributed by atoms with van der Waals surface area (Å²) in [5.41, 5.74) is 1.92. The van der Waals surface area contributed by atoms with Gasteiger partial charge in [0, 0.05) is 25.2 Å². The fourth-order valence-electron chi connectivity index (χ4n) is 1.97. The molecule has 6 heteroatoms. The number of carboxylic acid groups (broad SMARTS) is 1. The fraction of sp³-hybridized carbons (Fsp3) is 0.118. The second-order valence-electron chi connectivity index (χ2n) is 4.59. The SMILES string of the molecule is COC=C(C(=O)O)c1ccccc1SCc1cc(Br)ccc1Br. The van der Waals surface area contributed by atoms with Crippen LogP contribution in [-0.4, -0.2) is 18.2 Å². The zero-order chi connectivity index (χ0) is 16.8. The van der Waals surface area contributed by atoms with Crippen molar-refractivity contribution in [1.29, 1.82) is 0 Å². The fourth-order valence-corrected chi connectivity index (χ4v) is 4.01. The van der Waals surface area contributed by atoms with Crippen LogP contribution in [0.15, 0.2) is 62.6 Å². The molecule has 0 amide bonds. The molecule has 0 aliphatic rings. The molecule has 0 aliphatic heterocycles. The Kier molecular flexibility index (Phi) is 6.74. The van der Waals surface area contributed by atoms with Crippen LogP contribution in [0.25, 0.3) is 5.57 Å². The van der Waals surface area contributed by atoms with Gasteiger partial charge in [0.1, 0.15) is 5.57 Å². The van der Waals surface area contributed by atoms with E-state index in [1.807, 2.05) is 36.4 Å². The van der Waals surface area contributed by atoms with Crippen molar-refractivity contribution in [2.24, 2.45) is 0 Å². The third kappa shape index (κ3) is 4.86. The van der Waals surface area contributed by atoms with Gasteiger partial charge in [0.25, 0.3) is 0 Å². The normalized spacial score (nSPS) is 11.3. The summed E-state index contributed by atoms with van der Waals surface area (Å²) in [6.45, 7) is 0. The first-order valence-electron chi connectivity index (χ1n) is 6.65. The first kappa shape index (κ1) is 18.1. The van der Waals surface area contributed by atoms with E-state index >= 15 is 0 Å². The Morgan fingerprint density at radius 1 is 1.26 bits per heavy atom. The predicted molar refractivity (Wildman–Crippen MR) is 100 cm³/mol. The first-order chi connectivity index (χ1) is 11.0. The Morgan fingerprint density at radius 3 is 2.70 bits per heavy atom. The van der Waals surface area contributed by atoms with Crippen LogP contribution < -0.4 is 0 Å². The van der Waals surface area contributed by atoms with Crippen LogP contribution in [0.5, 0.6) is 0 Å². The lowest BCUT2D eigenvalue weighted by atomic mass is 10.1. The maximum absolute atomic E-state index is 11.4. The van der Waals surface area contributed by atoms with Gasteiger partial charge in [-0.3, -0.25) is 0 Å². The number of aliphatic carboxylic acids is 1. The minimum Gasteiger partial charge on any atom is -0.503 e. The molecular weight excluding hydrogens is 444 g/mol. The number of rotatable bonds is 6. The molecule has 1 N–H and O–H groups in total. The molecular formula is C17H14Br2O3S. The Labute approximate surface area is 156 Å². The number of hydrogen-bond donors (Lipinski definition) is 1. The van der Waals surface area contributed by atoms with E-state index in [1.165, 1.54) is 13.4 Å². The highest BCUT2D eigenvalue weighted by Gasteiger charge is 2.15. The minimum absolute atomic E-state index is 0.143. The lowest BCUT2D eigenvalue weighted by Crippen LogP contribution is -2.01. The number of thioether (sulfide) groups is 1. The van der Waals surface area contributed by atoms with Gasteiger partial charge in [0.2, 0.25) is 0 Å². The molecule has 2 aromatic carbocycles. The molecule has 0 fully saturated rings. The van der Waals surface area contributed by atoms with E-state index in [-0.39, 0.29) is 5.57 Å². The minimum atomic E-state index is -1.01. The van der Waals surface area contributed by atoms with Crippen LogP contribution in [0.2, 0.25) is 0 Å². The average molecular weight is 458 g/mol. The molecule has 0 bridgehead atoms. The van der Waals surface area contributed by atoms with E-state index < -0.39 is 5.97 Å². The molecule has 0 aliphatic carbocycles. The molecule has 0 saturated heterocycles. The Hall–Kier alpha value is -1.24. The summed E-state index contributed by atoms with van der Waals surface area (Å²) in [7, 11) is 1.44. The highest BCUT2D eigenvalue weighted by Crippen LogP contribution is 2.33. The van der Waals surface area contributed by atoms with Gasteiger partial charge in [0.05, 0.1) is 13.4 Å². The molecule has 0 aromatic heterocycles. The summed E-state index contributed by atoms with van der Waals surface area (Å²) in [4.78, 5) is 12.3. The smallest absolute Gasteiger partial charge is 0.339 e. The third-order valence-corrected chi connectivity index (χ3v) is 5.42. The predicted octanol–water partition coefficient (Wildman–Crippen LogP) is 5.58. The van der Waals surface area contributed by atoms with Crippen molar-refractivity contribution < 1.29 is 14.6 Å². The number of carbonyl (C=O) groups is 1. The van der Waals surface area contributed by atoms with E-state index in [4.69, 9.17) is 4.74 Å². The van der Waals surface area contributed by atoms with Gasteiger partial charge in [-0.25, -0.2) is 4.79 Å². The largest absolute Gasteiger partial charge is 0.503 e. The molecule has 2 rings (SSSR count). The third-order valence-electron chi connectivity index (χ3n) is 3.03. The number of benzene rings is 2. The van der Waals surface area contributed by atoms with E-state index in [1.54, 1.807) is 17.8 Å². The summed E-state index contributed by atoms with van der Waals surface area (Å²) >= 11 is 8.59. The van der Waals surface area contributed by atoms with Crippen LogP contribution in [0, 0.1) is 0 Å². The molecule has 23 heavy (non-hydrogen) atoms. The second kappa shape index (κ2) is 8.57. The van der Waals surface area contributed by atoms with Gasteiger partial charge < -0.3 is 9.84 Å². The molecule has 0 radical (unpaired) electrons. The van der Waals surface area contributed by atoms with E-state index in [0.29, 0.717) is 5.56 Å². The lowest BCUT2D eigenvalue weighted by Gasteiger charge is -2.11. The highest BCUT2D eigenvalue weighted by molar-refractivity contribution is 9.11. The number of methoxy groups -OCH3 is 1.